The van der Waals surface area contributed by atoms with E-state index in [1.165, 1.54) is 0 Å². The molecule has 0 aliphatic carbocycles. The van der Waals surface area contributed by atoms with Crippen LogP contribution < -0.4 is 4.90 Å². The van der Waals surface area contributed by atoms with E-state index in [9.17, 15) is 9.59 Å². The minimum absolute atomic E-state index is 0.0763. The maximum Gasteiger partial charge on any atom is 0.314 e. The van der Waals surface area contributed by atoms with E-state index in [0.29, 0.717) is 0 Å². The molecule has 1 unspecified atom stereocenters. The molecular weight excluding hydrogens is 312 g/mol. The SMILES string of the molecule is CCc1nc(COC(=O)C2CC(=O)N(C)c3ccccc32)cs1. The van der Waals surface area contributed by atoms with Crippen LogP contribution in [0.4, 0.5) is 5.69 Å². The first kappa shape index (κ1) is 15.7. The third-order valence-electron chi connectivity index (χ3n) is 3.97. The lowest BCUT2D eigenvalue weighted by atomic mass is 9.90. The summed E-state index contributed by atoms with van der Waals surface area (Å²) in [5.74, 6) is -0.989. The molecule has 0 fully saturated rings. The lowest BCUT2D eigenvalue weighted by molar-refractivity contribution is -0.148. The second-order valence-electron chi connectivity index (χ2n) is 5.46. The van der Waals surface area contributed by atoms with Crippen molar-refractivity contribution in [2.75, 3.05) is 11.9 Å². The predicted molar refractivity (Wildman–Crippen MR) is 88.5 cm³/mol. The number of ether oxygens (including phenoxy) is 1. The number of thiazole rings is 1. The number of carbonyl (C=O) groups is 2. The van der Waals surface area contributed by atoms with Crippen LogP contribution in [0, 0.1) is 0 Å². The Kier molecular flexibility index (Phi) is 4.43. The van der Waals surface area contributed by atoms with Crippen molar-refractivity contribution in [3.8, 4) is 0 Å². The highest BCUT2D eigenvalue weighted by Gasteiger charge is 2.34. The first-order chi connectivity index (χ1) is 11.1. The Morgan fingerprint density at radius 3 is 2.96 bits per heavy atom. The molecule has 0 N–H and O–H groups in total. The van der Waals surface area contributed by atoms with Crippen LogP contribution in [-0.4, -0.2) is 23.9 Å². The standard InChI is InChI=1S/C17H18N2O3S/c1-3-15-18-11(10-23-15)9-22-17(21)13-8-16(20)19(2)14-7-5-4-6-12(13)14/h4-7,10,13H,3,8-9H2,1-2H3. The van der Waals surface area contributed by atoms with E-state index in [1.54, 1.807) is 23.3 Å². The summed E-state index contributed by atoms with van der Waals surface area (Å²) in [6.07, 6.45) is 1.01. The number of fused-ring (bicyclic) bond motifs is 1. The number of hydrogen-bond acceptors (Lipinski definition) is 5. The maximum absolute atomic E-state index is 12.4. The van der Waals surface area contributed by atoms with Crippen LogP contribution in [-0.2, 0) is 27.4 Å². The Morgan fingerprint density at radius 1 is 1.43 bits per heavy atom. The molecule has 3 rings (SSSR count). The average Bonchev–Trinajstić information content (AvgIpc) is 3.04. The van der Waals surface area contributed by atoms with E-state index in [4.69, 9.17) is 4.74 Å². The summed E-state index contributed by atoms with van der Waals surface area (Å²) >= 11 is 1.56. The van der Waals surface area contributed by atoms with E-state index < -0.39 is 5.92 Å². The van der Waals surface area contributed by atoms with Crippen molar-refractivity contribution in [3.63, 3.8) is 0 Å². The number of rotatable bonds is 4. The van der Waals surface area contributed by atoms with E-state index in [-0.39, 0.29) is 24.9 Å². The van der Waals surface area contributed by atoms with Crippen molar-refractivity contribution < 1.29 is 14.3 Å². The van der Waals surface area contributed by atoms with Crippen LogP contribution in [0.3, 0.4) is 0 Å². The molecule has 1 aliphatic rings. The molecule has 0 bridgehead atoms. The molecule has 0 saturated heterocycles. The van der Waals surface area contributed by atoms with E-state index in [0.717, 1.165) is 28.4 Å². The quantitative estimate of drug-likeness (QED) is 0.809. The van der Waals surface area contributed by atoms with E-state index in [2.05, 4.69) is 4.98 Å². The fourth-order valence-electron chi connectivity index (χ4n) is 2.68. The van der Waals surface area contributed by atoms with Gasteiger partial charge in [-0.1, -0.05) is 25.1 Å². The highest BCUT2D eigenvalue weighted by atomic mass is 32.1. The highest BCUT2D eigenvalue weighted by Crippen LogP contribution is 2.35. The molecule has 2 aromatic rings. The number of esters is 1. The third kappa shape index (κ3) is 3.12. The van der Waals surface area contributed by atoms with Gasteiger partial charge in [-0.05, 0) is 18.1 Å². The summed E-state index contributed by atoms with van der Waals surface area (Å²) in [6, 6.07) is 7.46. The average molecular weight is 330 g/mol. The normalized spacial score (nSPS) is 17.0. The van der Waals surface area contributed by atoms with Gasteiger partial charge in [0.1, 0.15) is 6.61 Å². The Hall–Kier alpha value is -2.21. The molecule has 0 saturated carbocycles. The molecule has 1 aliphatic heterocycles. The van der Waals surface area contributed by atoms with Gasteiger partial charge < -0.3 is 9.64 Å². The van der Waals surface area contributed by atoms with Gasteiger partial charge in [0.25, 0.3) is 0 Å². The second kappa shape index (κ2) is 6.50. The predicted octanol–water partition coefficient (Wildman–Crippen LogP) is 2.90. The van der Waals surface area contributed by atoms with Gasteiger partial charge in [0.05, 0.1) is 16.6 Å². The Balaban J connectivity index is 1.74. The topological polar surface area (TPSA) is 59.5 Å². The molecule has 1 atom stereocenters. The molecular formula is C17H18N2O3S. The highest BCUT2D eigenvalue weighted by molar-refractivity contribution is 7.09. The van der Waals surface area contributed by atoms with Crippen LogP contribution in [0.1, 0.15) is 35.5 Å². The van der Waals surface area contributed by atoms with Crippen molar-refractivity contribution in [1.29, 1.82) is 0 Å². The molecule has 1 aromatic heterocycles. The first-order valence-electron chi connectivity index (χ1n) is 7.55. The summed E-state index contributed by atoms with van der Waals surface area (Å²) in [5, 5.41) is 2.93. The second-order valence-corrected chi connectivity index (χ2v) is 6.40. The number of aromatic nitrogens is 1. The van der Waals surface area contributed by atoms with Gasteiger partial charge in [-0.2, -0.15) is 0 Å². The van der Waals surface area contributed by atoms with E-state index in [1.807, 2.05) is 36.6 Å². The molecule has 0 spiro atoms. The van der Waals surface area contributed by atoms with Crippen LogP contribution >= 0.6 is 11.3 Å². The van der Waals surface area contributed by atoms with Crippen molar-refractivity contribution in [2.24, 2.45) is 0 Å². The van der Waals surface area contributed by atoms with Gasteiger partial charge >= 0.3 is 5.97 Å². The zero-order valence-corrected chi connectivity index (χ0v) is 13.9. The summed E-state index contributed by atoms with van der Waals surface area (Å²) in [4.78, 5) is 30.5. The van der Waals surface area contributed by atoms with Gasteiger partial charge in [0.2, 0.25) is 5.91 Å². The summed E-state index contributed by atoms with van der Waals surface area (Å²) in [7, 11) is 1.73. The first-order valence-corrected chi connectivity index (χ1v) is 8.43. The molecule has 0 radical (unpaired) electrons. The minimum Gasteiger partial charge on any atom is -0.459 e. The Morgan fingerprint density at radius 2 is 2.22 bits per heavy atom. The number of hydrogen-bond donors (Lipinski definition) is 0. The van der Waals surface area contributed by atoms with Gasteiger partial charge in [-0.25, -0.2) is 4.98 Å². The number of para-hydroxylation sites is 1. The van der Waals surface area contributed by atoms with Crippen molar-refractivity contribution in [3.05, 3.63) is 45.9 Å². The fraction of sp³-hybridized carbons (Fsp3) is 0.353. The minimum atomic E-state index is -0.542. The van der Waals surface area contributed by atoms with Crippen LogP contribution in [0.5, 0.6) is 0 Å². The number of benzene rings is 1. The molecule has 23 heavy (non-hydrogen) atoms. The molecule has 1 aromatic carbocycles. The fourth-order valence-corrected chi connectivity index (χ4v) is 3.41. The van der Waals surface area contributed by atoms with Crippen LogP contribution in [0.15, 0.2) is 29.6 Å². The summed E-state index contributed by atoms with van der Waals surface area (Å²) in [5.41, 5.74) is 2.37. The number of carbonyl (C=O) groups excluding carboxylic acids is 2. The van der Waals surface area contributed by atoms with E-state index >= 15 is 0 Å². The van der Waals surface area contributed by atoms with Crippen molar-refractivity contribution >= 4 is 28.9 Å². The maximum atomic E-state index is 12.4. The van der Waals surface area contributed by atoms with Gasteiger partial charge in [-0.3, -0.25) is 9.59 Å². The Labute approximate surface area is 138 Å². The van der Waals surface area contributed by atoms with Crippen LogP contribution in [0.25, 0.3) is 0 Å². The lowest BCUT2D eigenvalue weighted by Gasteiger charge is -2.30. The third-order valence-corrected chi connectivity index (χ3v) is 5.02. The Bertz CT molecular complexity index is 741. The molecule has 5 nitrogen and oxygen atoms in total. The zero-order chi connectivity index (χ0) is 16.4. The van der Waals surface area contributed by atoms with Gasteiger partial charge in [-0.15, -0.1) is 11.3 Å². The smallest absolute Gasteiger partial charge is 0.314 e. The van der Waals surface area contributed by atoms with Crippen LogP contribution in [0.2, 0.25) is 0 Å². The number of nitrogens with zero attached hydrogens (tertiary/aromatic N) is 2. The van der Waals surface area contributed by atoms with Gasteiger partial charge in [0, 0.05) is 24.5 Å². The zero-order valence-electron chi connectivity index (χ0n) is 13.1. The molecule has 120 valence electrons. The monoisotopic (exact) mass is 330 g/mol. The van der Waals surface area contributed by atoms with Crippen molar-refractivity contribution in [1.82, 2.24) is 4.98 Å². The van der Waals surface area contributed by atoms with Gasteiger partial charge in [0.15, 0.2) is 0 Å². The largest absolute Gasteiger partial charge is 0.459 e. The summed E-state index contributed by atoms with van der Waals surface area (Å²) < 4.78 is 5.40. The number of amides is 1. The number of anilines is 1. The molecule has 1 amide bonds. The molecule has 2 heterocycles. The number of aryl methyl sites for hydroxylation is 1. The summed E-state index contributed by atoms with van der Waals surface area (Å²) in [6.45, 7) is 2.19. The van der Waals surface area contributed by atoms with Crippen molar-refractivity contribution in [2.45, 2.75) is 32.3 Å². The molecule has 6 heteroatoms. The lowest BCUT2D eigenvalue weighted by Crippen LogP contribution is -2.36.